The Morgan fingerprint density at radius 2 is 1.91 bits per heavy atom. The minimum atomic E-state index is -0.621. The van der Waals surface area contributed by atoms with Crippen molar-refractivity contribution < 1.29 is 23.8 Å². The zero-order valence-corrected chi connectivity index (χ0v) is 19.8. The summed E-state index contributed by atoms with van der Waals surface area (Å²) in [6, 6.07) is 22.1. The third kappa shape index (κ3) is 5.25. The van der Waals surface area contributed by atoms with Gasteiger partial charge in [-0.05, 0) is 42.0 Å². The number of benzene rings is 3. The van der Waals surface area contributed by atoms with E-state index in [1.54, 1.807) is 36.3 Å². The van der Waals surface area contributed by atoms with Gasteiger partial charge in [-0.1, -0.05) is 42.1 Å². The van der Waals surface area contributed by atoms with Gasteiger partial charge in [0.25, 0.3) is 0 Å². The monoisotopic (exact) mass is 489 g/mol. The fraction of sp³-hybridized carbons (Fsp3) is 0.192. The molecule has 3 aromatic rings. The number of methoxy groups -OCH3 is 1. The lowest BCUT2D eigenvalue weighted by Crippen LogP contribution is -2.44. The fourth-order valence-electron chi connectivity index (χ4n) is 3.76. The Morgan fingerprint density at radius 3 is 2.74 bits per heavy atom. The van der Waals surface area contributed by atoms with Crippen LogP contribution < -0.4 is 19.5 Å². The molecule has 8 nitrogen and oxygen atoms in total. The standard InChI is InChI=1S/C26H23N3O5S/c1-32-20-9-5-8-19(13-20)27-25(31)23-14-24(30)29(26(35-23)28-18-6-3-2-4-7-18)15-17-10-11-21-22(12-17)34-16-33-21/h2-13,23H,14-16H2,1H3,(H,27,31). The molecule has 1 unspecified atom stereocenters. The molecule has 35 heavy (non-hydrogen) atoms. The largest absolute Gasteiger partial charge is 0.497 e. The van der Waals surface area contributed by atoms with Gasteiger partial charge >= 0.3 is 0 Å². The van der Waals surface area contributed by atoms with Gasteiger partial charge in [-0.25, -0.2) is 4.99 Å². The predicted octanol–water partition coefficient (Wildman–Crippen LogP) is 4.58. The summed E-state index contributed by atoms with van der Waals surface area (Å²) in [5.41, 5.74) is 2.18. The molecule has 1 atom stereocenters. The molecular weight excluding hydrogens is 466 g/mol. The van der Waals surface area contributed by atoms with E-state index in [0.29, 0.717) is 40.3 Å². The van der Waals surface area contributed by atoms with Crippen molar-refractivity contribution in [2.75, 3.05) is 19.2 Å². The van der Waals surface area contributed by atoms with Crippen molar-refractivity contribution in [3.05, 3.63) is 78.4 Å². The van der Waals surface area contributed by atoms with Crippen LogP contribution in [0.2, 0.25) is 0 Å². The minimum absolute atomic E-state index is 0.0544. The summed E-state index contributed by atoms with van der Waals surface area (Å²) in [4.78, 5) is 32.7. The van der Waals surface area contributed by atoms with E-state index in [1.807, 2.05) is 48.5 Å². The number of amidine groups is 1. The first-order chi connectivity index (χ1) is 17.1. The van der Waals surface area contributed by atoms with Gasteiger partial charge in [-0.3, -0.25) is 14.5 Å². The molecule has 1 saturated heterocycles. The maximum atomic E-state index is 13.3. The van der Waals surface area contributed by atoms with Crippen molar-refractivity contribution in [2.45, 2.75) is 18.2 Å². The van der Waals surface area contributed by atoms with E-state index in [9.17, 15) is 9.59 Å². The van der Waals surface area contributed by atoms with Gasteiger partial charge in [0.05, 0.1) is 19.3 Å². The van der Waals surface area contributed by atoms with Crippen molar-refractivity contribution in [1.82, 2.24) is 4.90 Å². The van der Waals surface area contributed by atoms with Gasteiger partial charge in [-0.15, -0.1) is 0 Å². The number of hydrogen-bond acceptors (Lipinski definition) is 7. The van der Waals surface area contributed by atoms with E-state index in [1.165, 1.54) is 11.8 Å². The van der Waals surface area contributed by atoms with Gasteiger partial charge in [0.1, 0.15) is 11.0 Å². The molecule has 1 N–H and O–H groups in total. The molecule has 3 aromatic carbocycles. The normalized spacial score (nSPS) is 18.0. The molecule has 0 radical (unpaired) electrons. The summed E-state index contributed by atoms with van der Waals surface area (Å²) in [7, 11) is 1.57. The Bertz CT molecular complexity index is 1280. The number of carbonyl (C=O) groups excluding carboxylic acids is 2. The quantitative estimate of drug-likeness (QED) is 0.545. The summed E-state index contributed by atoms with van der Waals surface area (Å²) >= 11 is 1.28. The van der Waals surface area contributed by atoms with Crippen molar-refractivity contribution >= 4 is 40.1 Å². The number of nitrogens with zero attached hydrogens (tertiary/aromatic N) is 2. The number of nitrogens with one attached hydrogen (secondary N) is 1. The second-order valence-corrected chi connectivity index (χ2v) is 9.10. The molecule has 0 saturated carbocycles. The smallest absolute Gasteiger partial charge is 0.238 e. The number of thioether (sulfide) groups is 1. The Morgan fingerprint density at radius 1 is 1.09 bits per heavy atom. The number of hydrogen-bond donors (Lipinski definition) is 1. The van der Waals surface area contributed by atoms with Crippen LogP contribution in [0.15, 0.2) is 77.8 Å². The first-order valence-electron chi connectivity index (χ1n) is 11.0. The van der Waals surface area contributed by atoms with Crippen LogP contribution >= 0.6 is 11.8 Å². The van der Waals surface area contributed by atoms with Crippen LogP contribution in [0.4, 0.5) is 11.4 Å². The first kappa shape index (κ1) is 22.8. The molecule has 178 valence electrons. The van der Waals surface area contributed by atoms with Crippen molar-refractivity contribution in [3.63, 3.8) is 0 Å². The average molecular weight is 490 g/mol. The van der Waals surface area contributed by atoms with Crippen molar-refractivity contribution in [3.8, 4) is 17.2 Å². The van der Waals surface area contributed by atoms with E-state index in [0.717, 1.165) is 5.56 Å². The summed E-state index contributed by atoms with van der Waals surface area (Å²) in [6.07, 6.45) is 0.0544. The number of amides is 2. The predicted molar refractivity (Wildman–Crippen MR) is 134 cm³/mol. The second kappa shape index (κ2) is 10.1. The third-order valence-electron chi connectivity index (χ3n) is 5.53. The molecule has 0 spiro atoms. The van der Waals surface area contributed by atoms with E-state index >= 15 is 0 Å². The zero-order chi connectivity index (χ0) is 24.2. The maximum Gasteiger partial charge on any atom is 0.238 e. The lowest BCUT2D eigenvalue weighted by molar-refractivity contribution is -0.129. The van der Waals surface area contributed by atoms with Crippen LogP contribution in [0.1, 0.15) is 12.0 Å². The Labute approximate surface area is 206 Å². The van der Waals surface area contributed by atoms with Crippen LogP contribution in [0.5, 0.6) is 17.2 Å². The molecule has 2 amide bonds. The van der Waals surface area contributed by atoms with E-state index in [4.69, 9.17) is 19.2 Å². The average Bonchev–Trinajstić information content (AvgIpc) is 3.34. The van der Waals surface area contributed by atoms with E-state index in [2.05, 4.69) is 5.32 Å². The molecule has 0 bridgehead atoms. The SMILES string of the molecule is COc1cccc(NC(=O)C2CC(=O)N(Cc3ccc4c(c3)OCO4)C(=Nc3ccccc3)S2)c1. The highest BCUT2D eigenvalue weighted by Gasteiger charge is 2.36. The van der Waals surface area contributed by atoms with E-state index in [-0.39, 0.29) is 25.0 Å². The fourth-order valence-corrected chi connectivity index (χ4v) is 4.85. The van der Waals surface area contributed by atoms with Gasteiger partial charge < -0.3 is 19.5 Å². The number of ether oxygens (including phenoxy) is 3. The topological polar surface area (TPSA) is 89.5 Å². The van der Waals surface area contributed by atoms with Gasteiger partial charge in [0.15, 0.2) is 16.7 Å². The van der Waals surface area contributed by atoms with Crippen LogP contribution in [0.25, 0.3) is 0 Å². The van der Waals surface area contributed by atoms with Gasteiger partial charge in [0, 0.05) is 18.2 Å². The number of para-hydroxylation sites is 1. The van der Waals surface area contributed by atoms with Gasteiger partial charge in [0.2, 0.25) is 18.6 Å². The van der Waals surface area contributed by atoms with Crippen LogP contribution in [-0.2, 0) is 16.1 Å². The maximum absolute atomic E-state index is 13.3. The Balaban J connectivity index is 1.39. The van der Waals surface area contributed by atoms with Crippen LogP contribution in [-0.4, -0.2) is 41.0 Å². The van der Waals surface area contributed by atoms with Crippen molar-refractivity contribution in [2.24, 2.45) is 4.99 Å². The number of fused-ring (bicyclic) bond motifs is 1. The molecule has 2 aliphatic heterocycles. The summed E-state index contributed by atoms with van der Waals surface area (Å²) in [5.74, 6) is 1.52. The second-order valence-electron chi connectivity index (χ2n) is 7.93. The van der Waals surface area contributed by atoms with Crippen LogP contribution in [0, 0.1) is 0 Å². The number of aliphatic imine (C=N–C) groups is 1. The molecule has 1 fully saturated rings. The highest BCUT2D eigenvalue weighted by molar-refractivity contribution is 8.15. The third-order valence-corrected chi connectivity index (χ3v) is 6.72. The molecule has 9 heteroatoms. The highest BCUT2D eigenvalue weighted by atomic mass is 32.2. The van der Waals surface area contributed by atoms with Crippen LogP contribution in [0.3, 0.4) is 0 Å². The molecular formula is C26H23N3O5S. The lowest BCUT2D eigenvalue weighted by atomic mass is 10.1. The lowest BCUT2D eigenvalue weighted by Gasteiger charge is -2.32. The minimum Gasteiger partial charge on any atom is -0.497 e. The highest BCUT2D eigenvalue weighted by Crippen LogP contribution is 2.35. The number of anilines is 1. The number of carbonyl (C=O) groups is 2. The van der Waals surface area contributed by atoms with Gasteiger partial charge in [-0.2, -0.15) is 0 Å². The van der Waals surface area contributed by atoms with Crippen molar-refractivity contribution in [1.29, 1.82) is 0 Å². The van der Waals surface area contributed by atoms with E-state index < -0.39 is 5.25 Å². The molecule has 2 aliphatic rings. The Kier molecular flexibility index (Phi) is 6.58. The summed E-state index contributed by atoms with van der Waals surface area (Å²) in [6.45, 7) is 0.487. The summed E-state index contributed by atoms with van der Waals surface area (Å²) in [5, 5.41) is 2.74. The first-order valence-corrected chi connectivity index (χ1v) is 11.9. The molecule has 5 rings (SSSR count). The molecule has 0 aromatic heterocycles. The zero-order valence-electron chi connectivity index (χ0n) is 19.0. The number of rotatable bonds is 6. The summed E-state index contributed by atoms with van der Waals surface area (Å²) < 4.78 is 16.1. The Hall–Kier alpha value is -3.98. The molecule has 2 heterocycles. The molecule has 0 aliphatic carbocycles.